The molecule has 0 spiro atoms. The summed E-state index contributed by atoms with van der Waals surface area (Å²) < 4.78 is 6.45. The highest BCUT2D eigenvalue weighted by molar-refractivity contribution is 14.1. The fourth-order valence-corrected chi connectivity index (χ4v) is 2.20. The van der Waals surface area contributed by atoms with Crippen molar-refractivity contribution in [2.75, 3.05) is 5.32 Å². The standard InChI is InChI=1S/C13H16IN3O/c1-3-5-12-16-13(18-17-12)9(2)15-11-7-4-6-10(14)8-11/h4,6-9,15H,3,5H2,1-2H3. The number of hydrogen-bond acceptors (Lipinski definition) is 4. The van der Waals surface area contributed by atoms with E-state index in [1.165, 1.54) is 3.57 Å². The predicted octanol–water partition coefficient (Wildman–Crippen LogP) is 3.80. The number of nitrogens with zero attached hydrogens (tertiary/aromatic N) is 2. The lowest BCUT2D eigenvalue weighted by molar-refractivity contribution is 0.362. The summed E-state index contributed by atoms with van der Waals surface area (Å²) in [5, 5.41) is 7.31. The Labute approximate surface area is 120 Å². The van der Waals surface area contributed by atoms with Crippen LogP contribution in [0.5, 0.6) is 0 Å². The lowest BCUT2D eigenvalue weighted by Gasteiger charge is -2.11. The van der Waals surface area contributed by atoms with Gasteiger partial charge in [-0.15, -0.1) is 0 Å². The molecule has 2 aromatic rings. The largest absolute Gasteiger partial charge is 0.374 e. The number of aryl methyl sites for hydroxylation is 1. The summed E-state index contributed by atoms with van der Waals surface area (Å²) in [6.45, 7) is 4.12. The van der Waals surface area contributed by atoms with E-state index in [0.717, 1.165) is 24.4 Å². The molecule has 1 heterocycles. The molecule has 0 saturated heterocycles. The number of benzene rings is 1. The Morgan fingerprint density at radius 1 is 1.44 bits per heavy atom. The van der Waals surface area contributed by atoms with Crippen LogP contribution in [0, 0.1) is 3.57 Å². The Morgan fingerprint density at radius 3 is 3.00 bits per heavy atom. The first kappa shape index (κ1) is 13.3. The van der Waals surface area contributed by atoms with E-state index in [2.05, 4.69) is 57.1 Å². The first-order chi connectivity index (χ1) is 8.69. The summed E-state index contributed by atoms with van der Waals surface area (Å²) in [5.74, 6) is 1.42. The number of halogens is 1. The summed E-state index contributed by atoms with van der Waals surface area (Å²) in [6.07, 6.45) is 1.89. The first-order valence-corrected chi connectivity index (χ1v) is 7.11. The van der Waals surface area contributed by atoms with Crippen LogP contribution in [0.15, 0.2) is 28.8 Å². The van der Waals surface area contributed by atoms with Gasteiger partial charge in [0, 0.05) is 15.7 Å². The van der Waals surface area contributed by atoms with Crippen LogP contribution in [0.1, 0.15) is 38.0 Å². The lowest BCUT2D eigenvalue weighted by Crippen LogP contribution is -2.07. The second kappa shape index (κ2) is 6.17. The molecule has 1 unspecified atom stereocenters. The third kappa shape index (κ3) is 3.44. The van der Waals surface area contributed by atoms with E-state index in [-0.39, 0.29) is 6.04 Å². The molecule has 0 aliphatic carbocycles. The third-order valence-electron chi connectivity index (χ3n) is 2.54. The van der Waals surface area contributed by atoms with E-state index >= 15 is 0 Å². The molecule has 18 heavy (non-hydrogen) atoms. The van der Waals surface area contributed by atoms with Crippen LogP contribution >= 0.6 is 22.6 Å². The number of hydrogen-bond donors (Lipinski definition) is 1. The molecule has 1 atom stereocenters. The normalized spacial score (nSPS) is 12.4. The number of nitrogens with one attached hydrogen (secondary N) is 1. The van der Waals surface area contributed by atoms with Gasteiger partial charge in [0.15, 0.2) is 5.82 Å². The SMILES string of the molecule is CCCc1noc(C(C)Nc2cccc(I)c2)n1. The minimum absolute atomic E-state index is 0.0151. The van der Waals surface area contributed by atoms with Crippen molar-refractivity contribution in [1.82, 2.24) is 10.1 Å². The minimum atomic E-state index is 0.0151. The Balaban J connectivity index is 2.04. The van der Waals surface area contributed by atoms with E-state index in [1.807, 2.05) is 19.1 Å². The van der Waals surface area contributed by atoms with Crippen LogP contribution in [-0.4, -0.2) is 10.1 Å². The van der Waals surface area contributed by atoms with Gasteiger partial charge in [0.2, 0.25) is 5.89 Å². The minimum Gasteiger partial charge on any atom is -0.374 e. The second-order valence-electron chi connectivity index (χ2n) is 4.18. The van der Waals surface area contributed by atoms with Gasteiger partial charge < -0.3 is 9.84 Å². The highest BCUT2D eigenvalue weighted by Gasteiger charge is 2.13. The van der Waals surface area contributed by atoms with E-state index in [0.29, 0.717) is 5.89 Å². The first-order valence-electron chi connectivity index (χ1n) is 6.03. The number of rotatable bonds is 5. The monoisotopic (exact) mass is 357 g/mol. The van der Waals surface area contributed by atoms with Gasteiger partial charge >= 0.3 is 0 Å². The molecule has 5 heteroatoms. The van der Waals surface area contributed by atoms with Gasteiger partial charge in [-0.3, -0.25) is 0 Å². The van der Waals surface area contributed by atoms with Gasteiger partial charge in [0.05, 0.1) is 0 Å². The molecule has 0 fully saturated rings. The zero-order valence-electron chi connectivity index (χ0n) is 10.5. The van der Waals surface area contributed by atoms with Crippen molar-refractivity contribution in [3.8, 4) is 0 Å². The topological polar surface area (TPSA) is 51.0 Å². The molecule has 0 radical (unpaired) electrons. The maximum Gasteiger partial charge on any atom is 0.248 e. The molecular formula is C13H16IN3O. The van der Waals surface area contributed by atoms with Crippen molar-refractivity contribution in [2.45, 2.75) is 32.7 Å². The Kier molecular flexibility index (Phi) is 4.57. The molecule has 1 aromatic carbocycles. The molecule has 0 bridgehead atoms. The molecule has 2 rings (SSSR count). The van der Waals surface area contributed by atoms with Crippen LogP contribution in [0.2, 0.25) is 0 Å². The van der Waals surface area contributed by atoms with Gasteiger partial charge in [-0.2, -0.15) is 4.98 Å². The zero-order valence-corrected chi connectivity index (χ0v) is 12.6. The average Bonchev–Trinajstić information content (AvgIpc) is 2.78. The molecule has 1 N–H and O–H groups in total. The quantitative estimate of drug-likeness (QED) is 0.827. The van der Waals surface area contributed by atoms with Gasteiger partial charge in [-0.25, -0.2) is 0 Å². The lowest BCUT2D eigenvalue weighted by atomic mass is 10.2. The fourth-order valence-electron chi connectivity index (χ4n) is 1.66. The smallest absolute Gasteiger partial charge is 0.248 e. The van der Waals surface area contributed by atoms with E-state index in [1.54, 1.807) is 0 Å². The van der Waals surface area contributed by atoms with Gasteiger partial charge in [-0.1, -0.05) is 18.1 Å². The summed E-state index contributed by atoms with van der Waals surface area (Å²) >= 11 is 2.29. The second-order valence-corrected chi connectivity index (χ2v) is 5.42. The molecular weight excluding hydrogens is 341 g/mol. The molecule has 0 saturated carbocycles. The number of aromatic nitrogens is 2. The maximum absolute atomic E-state index is 5.26. The molecule has 0 aliphatic heterocycles. The van der Waals surface area contributed by atoms with E-state index < -0.39 is 0 Å². The molecule has 96 valence electrons. The van der Waals surface area contributed by atoms with E-state index in [4.69, 9.17) is 4.52 Å². The van der Waals surface area contributed by atoms with Crippen molar-refractivity contribution in [3.05, 3.63) is 39.6 Å². The Hall–Kier alpha value is -1.11. The van der Waals surface area contributed by atoms with Gasteiger partial charge in [-0.05, 0) is 54.1 Å². The summed E-state index contributed by atoms with van der Waals surface area (Å²) in [7, 11) is 0. The molecule has 0 aliphatic rings. The van der Waals surface area contributed by atoms with Crippen molar-refractivity contribution >= 4 is 28.3 Å². The average molecular weight is 357 g/mol. The fraction of sp³-hybridized carbons (Fsp3) is 0.385. The molecule has 0 amide bonds. The van der Waals surface area contributed by atoms with Crippen LogP contribution in [0.25, 0.3) is 0 Å². The summed E-state index contributed by atoms with van der Waals surface area (Å²) in [6, 6.07) is 8.21. The van der Waals surface area contributed by atoms with Crippen LogP contribution < -0.4 is 5.32 Å². The highest BCUT2D eigenvalue weighted by atomic mass is 127. The van der Waals surface area contributed by atoms with Crippen LogP contribution in [0.3, 0.4) is 0 Å². The Morgan fingerprint density at radius 2 is 2.28 bits per heavy atom. The maximum atomic E-state index is 5.26. The Bertz CT molecular complexity index is 512. The van der Waals surface area contributed by atoms with Crippen molar-refractivity contribution in [1.29, 1.82) is 0 Å². The summed E-state index contributed by atoms with van der Waals surface area (Å²) in [5.41, 5.74) is 1.06. The predicted molar refractivity (Wildman–Crippen MR) is 79.5 cm³/mol. The summed E-state index contributed by atoms with van der Waals surface area (Å²) in [4.78, 5) is 4.38. The van der Waals surface area contributed by atoms with Crippen molar-refractivity contribution in [2.24, 2.45) is 0 Å². The van der Waals surface area contributed by atoms with Crippen molar-refractivity contribution in [3.63, 3.8) is 0 Å². The third-order valence-corrected chi connectivity index (χ3v) is 3.21. The molecule has 4 nitrogen and oxygen atoms in total. The van der Waals surface area contributed by atoms with Gasteiger partial charge in [0.25, 0.3) is 0 Å². The van der Waals surface area contributed by atoms with Crippen molar-refractivity contribution < 1.29 is 4.52 Å². The van der Waals surface area contributed by atoms with E-state index in [9.17, 15) is 0 Å². The molecule has 1 aromatic heterocycles. The highest BCUT2D eigenvalue weighted by Crippen LogP contribution is 2.19. The van der Waals surface area contributed by atoms with Gasteiger partial charge in [0.1, 0.15) is 6.04 Å². The van der Waals surface area contributed by atoms with Crippen LogP contribution in [-0.2, 0) is 6.42 Å². The van der Waals surface area contributed by atoms with Crippen LogP contribution in [0.4, 0.5) is 5.69 Å². The zero-order chi connectivity index (χ0) is 13.0. The number of anilines is 1.